The van der Waals surface area contributed by atoms with Gasteiger partial charge in [-0.25, -0.2) is 4.79 Å². The second kappa shape index (κ2) is 8.63. The first kappa shape index (κ1) is 20.5. The van der Waals surface area contributed by atoms with Crippen LogP contribution in [0.4, 0.5) is 0 Å². The van der Waals surface area contributed by atoms with E-state index in [1.54, 1.807) is 0 Å². The Morgan fingerprint density at radius 2 is 1.67 bits per heavy atom. The van der Waals surface area contributed by atoms with Gasteiger partial charge in [-0.3, -0.25) is 4.98 Å². The van der Waals surface area contributed by atoms with Gasteiger partial charge in [0.25, 0.3) is 0 Å². The van der Waals surface area contributed by atoms with Gasteiger partial charge in [0.15, 0.2) is 0 Å². The van der Waals surface area contributed by atoms with E-state index >= 15 is 0 Å². The first-order chi connectivity index (χ1) is 16.2. The van der Waals surface area contributed by atoms with Crippen molar-refractivity contribution in [2.75, 3.05) is 0 Å². The quantitative estimate of drug-likeness (QED) is 0.392. The molecule has 2 heterocycles. The number of fused-ring (bicyclic) bond motifs is 1. The fourth-order valence-corrected chi connectivity index (χ4v) is 4.24. The van der Waals surface area contributed by atoms with Crippen LogP contribution in [0.15, 0.2) is 72.8 Å². The van der Waals surface area contributed by atoms with Crippen LogP contribution in [0.25, 0.3) is 33.4 Å². The van der Waals surface area contributed by atoms with Gasteiger partial charge in [0, 0.05) is 23.1 Å². The third-order valence-electron chi connectivity index (χ3n) is 5.79. The minimum atomic E-state index is -0.927. The predicted octanol–water partition coefficient (Wildman–Crippen LogP) is 4.93. The van der Waals surface area contributed by atoms with Gasteiger partial charge in [-0.1, -0.05) is 73.7 Å². The summed E-state index contributed by atoms with van der Waals surface area (Å²) >= 11 is 0. The Morgan fingerprint density at radius 3 is 2.36 bits per heavy atom. The maximum atomic E-state index is 12.2. The lowest BCUT2D eigenvalue weighted by atomic mass is 9.92. The molecule has 0 aliphatic heterocycles. The average Bonchev–Trinajstić information content (AvgIpc) is 3.39. The standard InChI is InChI=1S/C26H21N5O2/c1-2-22-21(24(26(32)33)20-9-5-6-10-23(20)27-22)15-16-11-13-17(14-12-16)18-7-3-4-8-19(18)25-28-30-31-29-25/h3-14H,2,15H2,1H3,(H,32,33)(H,28,29,30,31). The number of carboxylic acid groups (broad SMARTS) is 1. The number of aromatic amines is 1. The summed E-state index contributed by atoms with van der Waals surface area (Å²) in [6.45, 7) is 2.00. The molecule has 7 heteroatoms. The molecule has 3 aromatic carbocycles. The lowest BCUT2D eigenvalue weighted by molar-refractivity contribution is 0.0698. The molecule has 0 atom stereocenters. The smallest absolute Gasteiger partial charge is 0.336 e. The molecule has 162 valence electrons. The first-order valence-corrected chi connectivity index (χ1v) is 10.7. The summed E-state index contributed by atoms with van der Waals surface area (Å²) in [6.07, 6.45) is 1.16. The van der Waals surface area contributed by atoms with E-state index in [1.165, 1.54) is 0 Å². The Hall–Kier alpha value is -4.39. The van der Waals surface area contributed by atoms with E-state index in [4.69, 9.17) is 4.98 Å². The zero-order chi connectivity index (χ0) is 22.8. The van der Waals surface area contributed by atoms with E-state index in [0.717, 1.165) is 33.5 Å². The molecular weight excluding hydrogens is 414 g/mol. The van der Waals surface area contributed by atoms with E-state index in [9.17, 15) is 9.90 Å². The number of rotatable bonds is 6. The lowest BCUT2D eigenvalue weighted by Crippen LogP contribution is -2.10. The lowest BCUT2D eigenvalue weighted by Gasteiger charge is -2.15. The highest BCUT2D eigenvalue weighted by molar-refractivity contribution is 6.04. The van der Waals surface area contributed by atoms with Gasteiger partial charge < -0.3 is 5.11 Å². The largest absolute Gasteiger partial charge is 0.478 e. The molecule has 0 radical (unpaired) electrons. The van der Waals surface area contributed by atoms with E-state index in [-0.39, 0.29) is 0 Å². The van der Waals surface area contributed by atoms with Crippen LogP contribution in [-0.2, 0) is 12.8 Å². The number of aromatic carboxylic acids is 1. The topological polar surface area (TPSA) is 105 Å². The molecule has 2 N–H and O–H groups in total. The molecule has 5 rings (SSSR count). The fraction of sp³-hybridized carbons (Fsp3) is 0.115. The molecule has 0 spiro atoms. The van der Waals surface area contributed by atoms with Crippen molar-refractivity contribution in [3.05, 3.63) is 95.2 Å². The highest BCUT2D eigenvalue weighted by Gasteiger charge is 2.20. The van der Waals surface area contributed by atoms with Gasteiger partial charge in [0.1, 0.15) is 0 Å². The van der Waals surface area contributed by atoms with Crippen LogP contribution in [0, 0.1) is 0 Å². The zero-order valence-corrected chi connectivity index (χ0v) is 18.0. The summed E-state index contributed by atoms with van der Waals surface area (Å²) in [5.74, 6) is -0.389. The third-order valence-corrected chi connectivity index (χ3v) is 5.79. The van der Waals surface area contributed by atoms with Gasteiger partial charge in [-0.15, -0.1) is 10.2 Å². The van der Waals surface area contributed by atoms with Crippen LogP contribution >= 0.6 is 0 Å². The molecule has 0 fully saturated rings. The molecule has 0 aliphatic rings. The Labute approximate surface area is 190 Å². The van der Waals surface area contributed by atoms with Crippen molar-refractivity contribution in [3.63, 3.8) is 0 Å². The summed E-state index contributed by atoms with van der Waals surface area (Å²) in [7, 11) is 0. The van der Waals surface area contributed by atoms with Crippen molar-refractivity contribution in [1.82, 2.24) is 25.6 Å². The molecule has 2 aromatic heterocycles. The number of hydrogen-bond donors (Lipinski definition) is 2. The molecular formula is C26H21N5O2. The second-order valence-corrected chi connectivity index (χ2v) is 7.74. The summed E-state index contributed by atoms with van der Waals surface area (Å²) in [4.78, 5) is 17.0. The molecule has 33 heavy (non-hydrogen) atoms. The zero-order valence-electron chi connectivity index (χ0n) is 18.0. The highest BCUT2D eigenvalue weighted by atomic mass is 16.4. The van der Waals surface area contributed by atoms with Gasteiger partial charge in [-0.2, -0.15) is 5.21 Å². The number of nitrogens with zero attached hydrogens (tertiary/aromatic N) is 4. The van der Waals surface area contributed by atoms with Crippen molar-refractivity contribution in [2.24, 2.45) is 0 Å². The molecule has 0 saturated heterocycles. The summed E-state index contributed by atoms with van der Waals surface area (Å²) in [5.41, 5.74) is 6.56. The maximum absolute atomic E-state index is 12.2. The number of pyridine rings is 1. The van der Waals surface area contributed by atoms with Gasteiger partial charge in [0.05, 0.1) is 11.1 Å². The predicted molar refractivity (Wildman–Crippen MR) is 126 cm³/mol. The van der Waals surface area contributed by atoms with Crippen molar-refractivity contribution < 1.29 is 9.90 Å². The number of carboxylic acids is 1. The van der Waals surface area contributed by atoms with Crippen molar-refractivity contribution >= 4 is 16.9 Å². The van der Waals surface area contributed by atoms with Crippen molar-refractivity contribution in [3.8, 4) is 22.5 Å². The third kappa shape index (κ3) is 3.85. The number of carbonyl (C=O) groups is 1. The van der Waals surface area contributed by atoms with Crippen LogP contribution in [0.2, 0.25) is 0 Å². The van der Waals surface area contributed by atoms with Crippen LogP contribution in [-0.4, -0.2) is 36.7 Å². The van der Waals surface area contributed by atoms with Crippen LogP contribution in [0.1, 0.15) is 34.1 Å². The number of nitrogens with one attached hydrogen (secondary N) is 1. The van der Waals surface area contributed by atoms with Gasteiger partial charge >= 0.3 is 5.97 Å². The Balaban J connectivity index is 1.54. The minimum absolute atomic E-state index is 0.337. The minimum Gasteiger partial charge on any atom is -0.478 e. The number of hydrogen-bond acceptors (Lipinski definition) is 5. The molecule has 0 unspecified atom stereocenters. The maximum Gasteiger partial charge on any atom is 0.336 e. The Kier molecular flexibility index (Phi) is 5.36. The van der Waals surface area contributed by atoms with Gasteiger partial charge in [0.2, 0.25) is 5.82 Å². The molecule has 0 aliphatic carbocycles. The van der Waals surface area contributed by atoms with Crippen LogP contribution < -0.4 is 0 Å². The van der Waals surface area contributed by atoms with Crippen molar-refractivity contribution in [2.45, 2.75) is 19.8 Å². The second-order valence-electron chi connectivity index (χ2n) is 7.74. The molecule has 5 aromatic rings. The van der Waals surface area contributed by atoms with E-state index < -0.39 is 5.97 Å². The number of aryl methyl sites for hydroxylation is 1. The monoisotopic (exact) mass is 435 g/mol. The molecule has 0 amide bonds. The summed E-state index contributed by atoms with van der Waals surface area (Å²) in [5, 5.41) is 25.1. The van der Waals surface area contributed by atoms with Crippen molar-refractivity contribution in [1.29, 1.82) is 0 Å². The number of benzene rings is 3. The Bertz CT molecular complexity index is 1440. The Morgan fingerprint density at radius 1 is 0.939 bits per heavy atom. The number of aromatic nitrogens is 5. The molecule has 7 nitrogen and oxygen atoms in total. The molecule has 0 saturated carbocycles. The van der Waals surface area contributed by atoms with E-state index in [0.29, 0.717) is 35.1 Å². The number of tetrazole rings is 1. The highest BCUT2D eigenvalue weighted by Crippen LogP contribution is 2.31. The van der Waals surface area contributed by atoms with E-state index in [1.807, 2.05) is 79.7 Å². The molecule has 0 bridgehead atoms. The SMILES string of the molecule is CCc1nc2ccccc2c(C(=O)O)c1Cc1ccc(-c2ccccc2-c2nn[nH]n2)cc1. The summed E-state index contributed by atoms with van der Waals surface area (Å²) in [6, 6.07) is 23.4. The van der Waals surface area contributed by atoms with Crippen LogP contribution in [0.3, 0.4) is 0 Å². The average molecular weight is 435 g/mol. The first-order valence-electron chi connectivity index (χ1n) is 10.7. The number of H-pyrrole nitrogens is 1. The van der Waals surface area contributed by atoms with Crippen LogP contribution in [0.5, 0.6) is 0 Å². The van der Waals surface area contributed by atoms with Gasteiger partial charge in [-0.05, 0) is 40.0 Å². The normalized spacial score (nSPS) is 11.1. The van der Waals surface area contributed by atoms with E-state index in [2.05, 4.69) is 20.6 Å². The number of para-hydroxylation sites is 1. The fourth-order valence-electron chi connectivity index (χ4n) is 4.24. The summed E-state index contributed by atoms with van der Waals surface area (Å²) < 4.78 is 0.